The lowest BCUT2D eigenvalue weighted by molar-refractivity contribution is -0.0328. The number of hydrogen-bond acceptors (Lipinski definition) is 3. The molecule has 0 bridgehead atoms. The molecule has 0 aromatic heterocycles. The third kappa shape index (κ3) is 6.73. The van der Waals surface area contributed by atoms with E-state index in [1.165, 1.54) is 0 Å². The van der Waals surface area contributed by atoms with Gasteiger partial charge in [-0.2, -0.15) is 13.2 Å². The summed E-state index contributed by atoms with van der Waals surface area (Å²) >= 11 is -0.0403. The number of hydrogen-bond donors (Lipinski definition) is 1. The van der Waals surface area contributed by atoms with Crippen LogP contribution in [0.3, 0.4) is 0 Å². The summed E-state index contributed by atoms with van der Waals surface area (Å²) in [6.45, 7) is -0.115. The standard InChI is InChI=1S/C13H17F3O2S/c1-18-12-4-2-3-10(8-12)7-11(9-17)5-6-19-13(14,15)16/h2-4,8,11,17H,5-7,9H2,1H3. The van der Waals surface area contributed by atoms with E-state index < -0.39 is 5.51 Å². The summed E-state index contributed by atoms with van der Waals surface area (Å²) in [4.78, 5) is 0. The van der Waals surface area contributed by atoms with Gasteiger partial charge in [0.1, 0.15) is 5.75 Å². The maximum absolute atomic E-state index is 12.0. The van der Waals surface area contributed by atoms with Crippen LogP contribution >= 0.6 is 11.8 Å². The normalized spacial score (nSPS) is 13.3. The second-order valence-electron chi connectivity index (χ2n) is 4.19. The summed E-state index contributed by atoms with van der Waals surface area (Å²) in [5.41, 5.74) is -3.24. The van der Waals surface area contributed by atoms with Crippen molar-refractivity contribution in [1.29, 1.82) is 0 Å². The highest BCUT2D eigenvalue weighted by atomic mass is 32.2. The largest absolute Gasteiger partial charge is 0.497 e. The Morgan fingerprint density at radius 1 is 1.37 bits per heavy atom. The summed E-state index contributed by atoms with van der Waals surface area (Å²) in [5.74, 6) is 0.513. The zero-order valence-electron chi connectivity index (χ0n) is 10.6. The number of methoxy groups -OCH3 is 1. The maximum atomic E-state index is 12.0. The highest BCUT2D eigenvalue weighted by molar-refractivity contribution is 8.00. The van der Waals surface area contributed by atoms with Crippen molar-refractivity contribution < 1.29 is 23.0 Å². The molecule has 0 aliphatic rings. The number of benzene rings is 1. The second kappa shape index (κ2) is 7.65. The van der Waals surface area contributed by atoms with E-state index in [2.05, 4.69) is 0 Å². The van der Waals surface area contributed by atoms with Crippen molar-refractivity contribution in [2.45, 2.75) is 18.3 Å². The molecule has 0 aliphatic carbocycles. The molecule has 0 saturated carbocycles. The van der Waals surface area contributed by atoms with Gasteiger partial charge >= 0.3 is 5.51 Å². The van der Waals surface area contributed by atoms with Gasteiger partial charge in [-0.25, -0.2) is 0 Å². The van der Waals surface area contributed by atoms with E-state index >= 15 is 0 Å². The van der Waals surface area contributed by atoms with Gasteiger partial charge in [-0.3, -0.25) is 0 Å². The molecule has 6 heteroatoms. The first kappa shape index (κ1) is 16.2. The van der Waals surface area contributed by atoms with Crippen LogP contribution in [0.5, 0.6) is 5.75 Å². The van der Waals surface area contributed by atoms with Gasteiger partial charge in [0.05, 0.1) is 7.11 Å². The lowest BCUT2D eigenvalue weighted by Gasteiger charge is -2.15. The van der Waals surface area contributed by atoms with Crippen LogP contribution in [0.25, 0.3) is 0 Å². The van der Waals surface area contributed by atoms with Crippen molar-refractivity contribution in [2.75, 3.05) is 19.5 Å². The molecule has 2 nitrogen and oxygen atoms in total. The van der Waals surface area contributed by atoms with Crippen LogP contribution in [-0.4, -0.2) is 30.1 Å². The molecule has 0 heterocycles. The van der Waals surface area contributed by atoms with E-state index in [1.54, 1.807) is 13.2 Å². The molecule has 0 radical (unpaired) electrons. The monoisotopic (exact) mass is 294 g/mol. The molecule has 1 rings (SSSR count). The first-order valence-corrected chi connectivity index (χ1v) is 6.87. The number of ether oxygens (including phenoxy) is 1. The molecule has 0 spiro atoms. The Morgan fingerprint density at radius 2 is 2.11 bits per heavy atom. The number of thioether (sulfide) groups is 1. The van der Waals surface area contributed by atoms with Gasteiger partial charge in [-0.15, -0.1) is 0 Å². The van der Waals surface area contributed by atoms with Gasteiger partial charge in [0.25, 0.3) is 0 Å². The molecule has 19 heavy (non-hydrogen) atoms. The molecular formula is C13H17F3O2S. The van der Waals surface area contributed by atoms with Crippen LogP contribution in [0.1, 0.15) is 12.0 Å². The Labute approximate surface area is 115 Å². The van der Waals surface area contributed by atoms with Crippen molar-refractivity contribution in [1.82, 2.24) is 0 Å². The van der Waals surface area contributed by atoms with Crippen LogP contribution in [0, 0.1) is 5.92 Å². The molecule has 0 amide bonds. The quantitative estimate of drug-likeness (QED) is 0.834. The highest BCUT2D eigenvalue weighted by Gasteiger charge is 2.28. The molecule has 1 N–H and O–H groups in total. The van der Waals surface area contributed by atoms with Crippen LogP contribution in [-0.2, 0) is 6.42 Å². The summed E-state index contributed by atoms with van der Waals surface area (Å²) in [6.07, 6.45) is 0.879. The van der Waals surface area contributed by atoms with Crippen LogP contribution in [0.4, 0.5) is 13.2 Å². The summed E-state index contributed by atoms with van der Waals surface area (Å²) in [7, 11) is 1.56. The fraction of sp³-hybridized carbons (Fsp3) is 0.538. The predicted molar refractivity (Wildman–Crippen MR) is 70.4 cm³/mol. The molecular weight excluding hydrogens is 277 g/mol. The SMILES string of the molecule is COc1cccc(CC(CO)CCSC(F)(F)F)c1. The Bertz CT molecular complexity index is 382. The van der Waals surface area contributed by atoms with Crippen LogP contribution in [0.15, 0.2) is 24.3 Å². The fourth-order valence-corrected chi connectivity index (χ4v) is 2.41. The second-order valence-corrected chi connectivity index (χ2v) is 5.35. The first-order chi connectivity index (χ1) is 8.94. The lowest BCUT2D eigenvalue weighted by atomic mass is 9.98. The van der Waals surface area contributed by atoms with Crippen molar-refractivity contribution in [3.8, 4) is 5.75 Å². The van der Waals surface area contributed by atoms with Crippen molar-refractivity contribution in [3.63, 3.8) is 0 Å². The van der Waals surface area contributed by atoms with E-state index in [9.17, 15) is 18.3 Å². The molecule has 0 saturated heterocycles. The molecule has 1 aromatic rings. The number of rotatable bonds is 7. The fourth-order valence-electron chi connectivity index (χ4n) is 1.73. The third-order valence-corrected chi connectivity index (χ3v) is 3.48. The Balaban J connectivity index is 2.47. The molecule has 1 unspecified atom stereocenters. The van der Waals surface area contributed by atoms with Crippen molar-refractivity contribution in [2.24, 2.45) is 5.92 Å². The minimum absolute atomic E-state index is 0.0291. The predicted octanol–water partition coefficient (Wildman–Crippen LogP) is 3.49. The molecule has 0 fully saturated rings. The zero-order chi connectivity index (χ0) is 14.3. The van der Waals surface area contributed by atoms with E-state index in [0.717, 1.165) is 5.56 Å². The molecule has 0 aliphatic heterocycles. The third-order valence-electron chi connectivity index (χ3n) is 2.71. The van der Waals surface area contributed by atoms with Crippen LogP contribution in [0.2, 0.25) is 0 Å². The topological polar surface area (TPSA) is 29.5 Å². The highest BCUT2D eigenvalue weighted by Crippen LogP contribution is 2.31. The average molecular weight is 294 g/mol. The number of halogens is 3. The Morgan fingerprint density at radius 3 is 2.68 bits per heavy atom. The zero-order valence-corrected chi connectivity index (χ0v) is 11.4. The van der Waals surface area contributed by atoms with Gasteiger partial charge in [0.15, 0.2) is 0 Å². The lowest BCUT2D eigenvalue weighted by Crippen LogP contribution is -2.12. The van der Waals surface area contributed by atoms with Gasteiger partial charge < -0.3 is 9.84 Å². The van der Waals surface area contributed by atoms with E-state index in [-0.39, 0.29) is 30.0 Å². The molecule has 108 valence electrons. The number of aliphatic hydroxyl groups excluding tert-OH is 1. The summed E-state index contributed by atoms with van der Waals surface area (Å²) < 4.78 is 41.1. The van der Waals surface area contributed by atoms with Gasteiger partial charge in [-0.05, 0) is 36.5 Å². The summed E-state index contributed by atoms with van der Waals surface area (Å²) in [6, 6.07) is 7.34. The minimum Gasteiger partial charge on any atom is -0.497 e. The van der Waals surface area contributed by atoms with Gasteiger partial charge in [-0.1, -0.05) is 23.9 Å². The first-order valence-electron chi connectivity index (χ1n) is 5.89. The number of alkyl halides is 3. The van der Waals surface area contributed by atoms with Crippen molar-refractivity contribution in [3.05, 3.63) is 29.8 Å². The van der Waals surface area contributed by atoms with E-state index in [1.807, 2.05) is 18.2 Å². The van der Waals surface area contributed by atoms with Crippen molar-refractivity contribution >= 4 is 11.8 Å². The minimum atomic E-state index is -4.20. The smallest absolute Gasteiger partial charge is 0.441 e. The van der Waals surface area contributed by atoms with Gasteiger partial charge in [0, 0.05) is 12.4 Å². The maximum Gasteiger partial charge on any atom is 0.441 e. The summed E-state index contributed by atoms with van der Waals surface area (Å²) in [5, 5.41) is 9.22. The van der Waals surface area contributed by atoms with E-state index in [0.29, 0.717) is 18.6 Å². The number of aliphatic hydroxyl groups is 1. The van der Waals surface area contributed by atoms with E-state index in [4.69, 9.17) is 4.74 Å². The Kier molecular flexibility index (Phi) is 6.51. The van der Waals surface area contributed by atoms with Gasteiger partial charge in [0.2, 0.25) is 0 Å². The molecule has 1 aromatic carbocycles. The average Bonchev–Trinajstić information content (AvgIpc) is 2.36. The molecule has 1 atom stereocenters. The Hall–Kier alpha value is -0.880. The van der Waals surface area contributed by atoms with Crippen LogP contribution < -0.4 is 4.74 Å².